The van der Waals surface area contributed by atoms with E-state index in [1.807, 2.05) is 48.3 Å². The van der Waals surface area contributed by atoms with E-state index in [1.165, 1.54) is 0 Å². The average Bonchev–Trinajstić information content (AvgIpc) is 3.32. The Morgan fingerprint density at radius 3 is 2.96 bits per heavy atom. The zero-order valence-corrected chi connectivity index (χ0v) is 13.4. The number of nitrogens with one attached hydrogen (secondary N) is 2. The summed E-state index contributed by atoms with van der Waals surface area (Å²) in [6.45, 7) is 2.52. The van der Waals surface area contributed by atoms with Crippen LogP contribution >= 0.6 is 0 Å². The van der Waals surface area contributed by atoms with E-state index >= 15 is 0 Å². The first-order valence-corrected chi connectivity index (χ1v) is 7.95. The quantitative estimate of drug-likeness (QED) is 0.590. The fourth-order valence-electron chi connectivity index (χ4n) is 3.38. The number of aromatic nitrogens is 5. The third kappa shape index (κ3) is 1.99. The molecule has 7 heteroatoms. The van der Waals surface area contributed by atoms with Crippen molar-refractivity contribution in [3.63, 3.8) is 0 Å². The molecule has 25 heavy (non-hydrogen) atoms. The third-order valence-electron chi connectivity index (χ3n) is 4.64. The van der Waals surface area contributed by atoms with Crippen molar-refractivity contribution in [1.82, 2.24) is 30.0 Å². The molecule has 0 radical (unpaired) electrons. The van der Waals surface area contributed by atoms with E-state index in [0.717, 1.165) is 44.7 Å². The Morgan fingerprint density at radius 1 is 1.20 bits per heavy atom. The number of aryl methyl sites for hydroxylation is 1. The summed E-state index contributed by atoms with van der Waals surface area (Å²) in [5.74, 6) is -0.0176. The molecule has 1 aromatic carbocycles. The molecule has 4 heterocycles. The second-order valence-corrected chi connectivity index (χ2v) is 6.08. The Hall–Kier alpha value is -3.48. The maximum Gasteiger partial charge on any atom is 0.251 e. The average molecular weight is 330 g/mol. The van der Waals surface area contributed by atoms with Gasteiger partial charge in [0.15, 0.2) is 0 Å². The van der Waals surface area contributed by atoms with E-state index in [4.69, 9.17) is 0 Å². The number of rotatable bonds is 2. The molecule has 5 rings (SSSR count). The van der Waals surface area contributed by atoms with Gasteiger partial charge in [-0.25, -0.2) is 9.97 Å². The molecule has 1 aliphatic heterocycles. The van der Waals surface area contributed by atoms with Crippen LogP contribution in [0, 0.1) is 6.92 Å². The zero-order chi connectivity index (χ0) is 17.0. The van der Waals surface area contributed by atoms with Gasteiger partial charge in [-0.05, 0) is 30.7 Å². The molecule has 3 aromatic heterocycles. The number of carbonyl (C=O) groups is 1. The maximum absolute atomic E-state index is 11.8. The van der Waals surface area contributed by atoms with Gasteiger partial charge >= 0.3 is 0 Å². The number of benzene rings is 1. The molecule has 0 atom stereocenters. The normalized spacial score (nSPS) is 13.2. The van der Waals surface area contributed by atoms with Crippen LogP contribution in [0.4, 0.5) is 0 Å². The van der Waals surface area contributed by atoms with Gasteiger partial charge in [0.25, 0.3) is 5.91 Å². The molecule has 1 aliphatic rings. The number of hydrogen-bond donors (Lipinski definition) is 2. The summed E-state index contributed by atoms with van der Waals surface area (Å²) in [5, 5.41) is 10.9. The predicted octanol–water partition coefficient (Wildman–Crippen LogP) is 2.36. The maximum atomic E-state index is 11.8. The fourth-order valence-corrected chi connectivity index (χ4v) is 3.38. The predicted molar refractivity (Wildman–Crippen MR) is 92.4 cm³/mol. The number of aromatic amines is 1. The van der Waals surface area contributed by atoms with Crippen LogP contribution in [0.2, 0.25) is 0 Å². The summed E-state index contributed by atoms with van der Waals surface area (Å²) >= 11 is 0. The number of hydrogen-bond acceptors (Lipinski definition) is 4. The van der Waals surface area contributed by atoms with E-state index in [2.05, 4.69) is 25.5 Å². The van der Waals surface area contributed by atoms with E-state index in [1.54, 1.807) is 6.33 Å². The molecule has 4 aromatic rings. The number of nitrogens with zero attached hydrogens (tertiary/aromatic N) is 4. The van der Waals surface area contributed by atoms with Crippen LogP contribution in [0.25, 0.3) is 27.8 Å². The van der Waals surface area contributed by atoms with Gasteiger partial charge < -0.3 is 9.88 Å². The molecule has 0 unspecified atom stereocenters. The lowest BCUT2D eigenvalue weighted by molar-refractivity contribution is 0.0966. The van der Waals surface area contributed by atoms with E-state index < -0.39 is 0 Å². The molecule has 2 N–H and O–H groups in total. The molecule has 1 amide bonds. The van der Waals surface area contributed by atoms with Gasteiger partial charge in [0, 0.05) is 52.9 Å². The largest absolute Gasteiger partial charge is 0.348 e. The van der Waals surface area contributed by atoms with Crippen molar-refractivity contribution in [2.75, 3.05) is 0 Å². The first kappa shape index (κ1) is 13.9. The van der Waals surface area contributed by atoms with Crippen molar-refractivity contribution < 1.29 is 4.79 Å². The standard InChI is InChI=1S/C18H14N6O/c1-10-14(7-22-23-10)16-8-24(17-15(16)6-19-9-21-17)12-2-3-13-11(4-12)5-20-18(13)25/h2-4,6-9H,5H2,1H3,(H,20,25)(H,22,23). The lowest BCUT2D eigenvalue weighted by Crippen LogP contribution is -2.12. The van der Waals surface area contributed by atoms with Gasteiger partial charge in [-0.1, -0.05) is 0 Å². The van der Waals surface area contributed by atoms with Gasteiger partial charge in [0.05, 0.1) is 5.69 Å². The van der Waals surface area contributed by atoms with Crippen LogP contribution in [0.1, 0.15) is 21.6 Å². The second-order valence-electron chi connectivity index (χ2n) is 6.08. The summed E-state index contributed by atoms with van der Waals surface area (Å²) in [6.07, 6.45) is 7.29. The molecule has 0 spiro atoms. The second kappa shape index (κ2) is 5.01. The Bertz CT molecular complexity index is 1140. The van der Waals surface area contributed by atoms with Crippen LogP contribution in [-0.4, -0.2) is 30.6 Å². The molecule has 0 saturated heterocycles. The zero-order valence-electron chi connectivity index (χ0n) is 13.4. The molecule has 0 saturated carbocycles. The highest BCUT2D eigenvalue weighted by Gasteiger charge is 2.20. The van der Waals surface area contributed by atoms with Gasteiger partial charge in [-0.15, -0.1) is 0 Å². The first-order valence-electron chi connectivity index (χ1n) is 7.95. The lowest BCUT2D eigenvalue weighted by Gasteiger charge is -2.06. The van der Waals surface area contributed by atoms with Crippen molar-refractivity contribution >= 4 is 16.9 Å². The van der Waals surface area contributed by atoms with E-state index in [9.17, 15) is 4.79 Å². The smallest absolute Gasteiger partial charge is 0.251 e. The lowest BCUT2D eigenvalue weighted by atomic mass is 10.1. The summed E-state index contributed by atoms with van der Waals surface area (Å²) in [6, 6.07) is 5.83. The number of amides is 1. The van der Waals surface area contributed by atoms with Crippen molar-refractivity contribution in [3.05, 3.63) is 59.9 Å². The van der Waals surface area contributed by atoms with Crippen molar-refractivity contribution in [3.8, 4) is 16.8 Å². The van der Waals surface area contributed by atoms with Crippen LogP contribution in [-0.2, 0) is 6.54 Å². The number of H-pyrrole nitrogens is 1. The monoisotopic (exact) mass is 330 g/mol. The van der Waals surface area contributed by atoms with Crippen LogP contribution in [0.3, 0.4) is 0 Å². The third-order valence-corrected chi connectivity index (χ3v) is 4.64. The minimum atomic E-state index is -0.0176. The minimum absolute atomic E-state index is 0.0176. The molecule has 0 aliphatic carbocycles. The fraction of sp³-hybridized carbons (Fsp3) is 0.111. The van der Waals surface area contributed by atoms with Crippen molar-refractivity contribution in [2.45, 2.75) is 13.5 Å². The Labute approximate surface area is 142 Å². The number of fused-ring (bicyclic) bond motifs is 2. The summed E-state index contributed by atoms with van der Waals surface area (Å²) in [4.78, 5) is 20.4. The highest BCUT2D eigenvalue weighted by atomic mass is 16.1. The van der Waals surface area contributed by atoms with Crippen LogP contribution in [0.15, 0.2) is 43.1 Å². The molecule has 7 nitrogen and oxygen atoms in total. The highest BCUT2D eigenvalue weighted by molar-refractivity contribution is 5.99. The first-order chi connectivity index (χ1) is 12.2. The van der Waals surface area contributed by atoms with Crippen LogP contribution in [0.5, 0.6) is 0 Å². The van der Waals surface area contributed by atoms with Crippen molar-refractivity contribution in [1.29, 1.82) is 0 Å². The van der Waals surface area contributed by atoms with Gasteiger partial charge in [-0.3, -0.25) is 9.89 Å². The Morgan fingerprint density at radius 2 is 2.12 bits per heavy atom. The Balaban J connectivity index is 1.75. The number of carbonyl (C=O) groups excluding carboxylic acids is 1. The SMILES string of the molecule is Cc1n[nH]cc1-c1cn(-c2ccc3c(c2)CNC3=O)c2ncncc12. The molecule has 122 valence electrons. The summed E-state index contributed by atoms with van der Waals surface area (Å²) in [5.41, 5.74) is 6.49. The molecular weight excluding hydrogens is 316 g/mol. The topological polar surface area (TPSA) is 88.5 Å². The minimum Gasteiger partial charge on any atom is -0.348 e. The molecular formula is C18H14N6O. The van der Waals surface area contributed by atoms with Gasteiger partial charge in [-0.2, -0.15) is 5.10 Å². The molecule has 0 fully saturated rings. The summed E-state index contributed by atoms with van der Waals surface area (Å²) < 4.78 is 2.03. The van der Waals surface area contributed by atoms with E-state index in [0.29, 0.717) is 6.54 Å². The highest BCUT2D eigenvalue weighted by Crippen LogP contribution is 2.32. The summed E-state index contributed by atoms with van der Waals surface area (Å²) in [7, 11) is 0. The Kier molecular flexibility index (Phi) is 2.79. The molecule has 0 bridgehead atoms. The van der Waals surface area contributed by atoms with Gasteiger partial charge in [0.1, 0.15) is 12.0 Å². The van der Waals surface area contributed by atoms with Crippen LogP contribution < -0.4 is 5.32 Å². The van der Waals surface area contributed by atoms with E-state index in [-0.39, 0.29) is 5.91 Å². The van der Waals surface area contributed by atoms with Gasteiger partial charge in [0.2, 0.25) is 0 Å². The van der Waals surface area contributed by atoms with Crippen molar-refractivity contribution in [2.24, 2.45) is 0 Å².